The molecule has 1 N–H and O–H groups in total. The van der Waals surface area contributed by atoms with Crippen LogP contribution in [0.25, 0.3) is 15.9 Å². The average molecular weight is 480 g/mol. The van der Waals surface area contributed by atoms with E-state index >= 15 is 0 Å². The lowest BCUT2D eigenvalue weighted by molar-refractivity contribution is -0.122. The molecule has 0 saturated heterocycles. The van der Waals surface area contributed by atoms with Crippen LogP contribution in [-0.2, 0) is 30.7 Å². The molecule has 3 aromatic heterocycles. The van der Waals surface area contributed by atoms with Crippen LogP contribution in [0.1, 0.15) is 43.2 Å². The molecular formula is C25H29N5O3S. The predicted molar refractivity (Wildman–Crippen MR) is 132 cm³/mol. The van der Waals surface area contributed by atoms with Crippen molar-refractivity contribution in [2.45, 2.75) is 53.1 Å². The zero-order chi connectivity index (χ0) is 24.0. The van der Waals surface area contributed by atoms with Crippen molar-refractivity contribution in [2.75, 3.05) is 7.11 Å². The highest BCUT2D eigenvalue weighted by molar-refractivity contribution is 7.19. The van der Waals surface area contributed by atoms with Crippen molar-refractivity contribution >= 4 is 33.1 Å². The second kappa shape index (κ2) is 8.54. The second-order valence-electron chi connectivity index (χ2n) is 9.98. The minimum Gasteiger partial charge on any atom is -0.497 e. The summed E-state index contributed by atoms with van der Waals surface area (Å²) in [7, 11) is 1.60. The van der Waals surface area contributed by atoms with E-state index in [1.807, 2.05) is 24.3 Å². The molecule has 5 rings (SSSR count). The number of ether oxygens (including phenoxy) is 1. The number of amides is 1. The third-order valence-corrected chi connectivity index (χ3v) is 7.96. The summed E-state index contributed by atoms with van der Waals surface area (Å²) >= 11 is 1.71. The first-order valence-corrected chi connectivity index (χ1v) is 12.3. The number of hydrogen-bond donors (Lipinski definition) is 1. The van der Waals surface area contributed by atoms with Gasteiger partial charge in [-0.3, -0.25) is 4.79 Å². The molecule has 3 heterocycles. The maximum Gasteiger partial charge on any atom is 0.365 e. The largest absolute Gasteiger partial charge is 0.497 e. The first kappa shape index (κ1) is 22.6. The number of hydrogen-bond acceptors (Lipinski definition) is 6. The first-order chi connectivity index (χ1) is 16.2. The Kier molecular flexibility index (Phi) is 5.67. The summed E-state index contributed by atoms with van der Waals surface area (Å²) in [4.78, 5) is 36.6. The van der Waals surface area contributed by atoms with Crippen LogP contribution in [0.5, 0.6) is 5.75 Å². The molecule has 178 valence electrons. The van der Waals surface area contributed by atoms with Crippen LogP contribution in [0.2, 0.25) is 0 Å². The maximum absolute atomic E-state index is 12.8. The van der Waals surface area contributed by atoms with Crippen molar-refractivity contribution in [3.8, 4) is 5.75 Å². The molecule has 34 heavy (non-hydrogen) atoms. The van der Waals surface area contributed by atoms with Crippen LogP contribution in [0.4, 0.5) is 0 Å². The van der Waals surface area contributed by atoms with Crippen LogP contribution in [0.15, 0.2) is 35.4 Å². The van der Waals surface area contributed by atoms with E-state index in [9.17, 15) is 9.59 Å². The molecule has 1 aliphatic rings. The fourth-order valence-corrected chi connectivity index (χ4v) is 6.01. The Bertz CT molecular complexity index is 1440. The first-order valence-electron chi connectivity index (χ1n) is 11.5. The van der Waals surface area contributed by atoms with E-state index in [1.165, 1.54) is 15.1 Å². The van der Waals surface area contributed by atoms with Crippen molar-refractivity contribution in [2.24, 2.45) is 11.3 Å². The number of rotatable bonds is 5. The molecule has 4 aromatic rings. The number of aryl methyl sites for hydroxylation is 1. The number of fused-ring (bicyclic) bond motifs is 5. The van der Waals surface area contributed by atoms with E-state index in [0.717, 1.165) is 40.8 Å². The molecule has 8 nitrogen and oxygen atoms in total. The van der Waals surface area contributed by atoms with Crippen LogP contribution in [0, 0.1) is 11.3 Å². The third-order valence-electron chi connectivity index (χ3n) is 6.80. The van der Waals surface area contributed by atoms with Crippen molar-refractivity contribution in [1.82, 2.24) is 24.5 Å². The molecule has 9 heteroatoms. The van der Waals surface area contributed by atoms with Gasteiger partial charge in [0, 0.05) is 11.4 Å². The van der Waals surface area contributed by atoms with Gasteiger partial charge < -0.3 is 10.1 Å². The van der Waals surface area contributed by atoms with E-state index in [4.69, 9.17) is 4.74 Å². The monoisotopic (exact) mass is 479 g/mol. The summed E-state index contributed by atoms with van der Waals surface area (Å²) in [6.07, 6.45) is 4.70. The van der Waals surface area contributed by atoms with Gasteiger partial charge in [-0.15, -0.1) is 11.3 Å². The van der Waals surface area contributed by atoms with Crippen molar-refractivity contribution in [3.05, 3.63) is 57.1 Å². The van der Waals surface area contributed by atoms with Crippen LogP contribution in [0.3, 0.4) is 0 Å². The number of methoxy groups -OCH3 is 1. The molecule has 0 fully saturated rings. The highest BCUT2D eigenvalue weighted by atomic mass is 32.1. The molecule has 0 spiro atoms. The number of carbonyl (C=O) groups is 1. The van der Waals surface area contributed by atoms with Gasteiger partial charge in [0.25, 0.3) is 0 Å². The summed E-state index contributed by atoms with van der Waals surface area (Å²) < 4.78 is 8.19. The summed E-state index contributed by atoms with van der Waals surface area (Å²) in [5.74, 6) is 1.08. The fourth-order valence-electron chi connectivity index (χ4n) is 4.75. The molecule has 1 amide bonds. The van der Waals surface area contributed by atoms with Gasteiger partial charge in [-0.2, -0.15) is 4.98 Å². The quantitative estimate of drug-likeness (QED) is 0.473. The Morgan fingerprint density at radius 2 is 2.15 bits per heavy atom. The number of nitrogens with one attached hydrogen (secondary N) is 1. The van der Waals surface area contributed by atoms with Gasteiger partial charge in [-0.25, -0.2) is 19.0 Å². The number of nitrogens with zero attached hydrogens (tertiary/aromatic N) is 4. The predicted octanol–water partition coefficient (Wildman–Crippen LogP) is 3.58. The lowest BCUT2D eigenvalue weighted by Crippen LogP contribution is -2.32. The van der Waals surface area contributed by atoms with Gasteiger partial charge in [-0.1, -0.05) is 32.9 Å². The zero-order valence-corrected chi connectivity index (χ0v) is 20.7. The van der Waals surface area contributed by atoms with E-state index < -0.39 is 5.69 Å². The Balaban J connectivity index is 1.41. The van der Waals surface area contributed by atoms with Crippen molar-refractivity contribution in [1.29, 1.82) is 0 Å². The Hall–Kier alpha value is -3.20. The van der Waals surface area contributed by atoms with Gasteiger partial charge in [0.2, 0.25) is 5.91 Å². The Labute approximate surface area is 201 Å². The molecule has 0 saturated carbocycles. The third kappa shape index (κ3) is 4.09. The van der Waals surface area contributed by atoms with E-state index in [-0.39, 0.29) is 17.9 Å². The van der Waals surface area contributed by atoms with Crippen LogP contribution >= 0.6 is 11.3 Å². The minimum absolute atomic E-state index is 0.129. The zero-order valence-electron chi connectivity index (χ0n) is 19.9. The molecule has 0 bridgehead atoms. The molecule has 0 radical (unpaired) electrons. The van der Waals surface area contributed by atoms with E-state index in [1.54, 1.807) is 29.3 Å². The topological polar surface area (TPSA) is 90.5 Å². The Morgan fingerprint density at radius 1 is 1.32 bits per heavy atom. The molecule has 0 unspecified atom stereocenters. The summed E-state index contributed by atoms with van der Waals surface area (Å²) in [5.41, 5.74) is 2.57. The van der Waals surface area contributed by atoms with Gasteiger partial charge in [-0.05, 0) is 53.9 Å². The SMILES string of the molecule is COc1cccc(CNC(=O)Cn2c(=O)nc3c4c5c(sc4ncn32)C[C@@H](C(C)(C)C)CC5)c1. The summed E-state index contributed by atoms with van der Waals surface area (Å²) in [6.45, 7) is 7.11. The van der Waals surface area contributed by atoms with Crippen LogP contribution < -0.4 is 15.7 Å². The van der Waals surface area contributed by atoms with E-state index in [2.05, 4.69) is 36.1 Å². The van der Waals surface area contributed by atoms with Crippen molar-refractivity contribution in [3.63, 3.8) is 0 Å². The average Bonchev–Trinajstić information content (AvgIpc) is 3.34. The van der Waals surface area contributed by atoms with Crippen molar-refractivity contribution < 1.29 is 9.53 Å². The Morgan fingerprint density at radius 3 is 2.91 bits per heavy atom. The lowest BCUT2D eigenvalue weighted by Gasteiger charge is -2.33. The summed E-state index contributed by atoms with van der Waals surface area (Å²) in [5, 5.41) is 3.83. The molecular weight excluding hydrogens is 450 g/mol. The highest BCUT2D eigenvalue weighted by Gasteiger charge is 2.32. The smallest absolute Gasteiger partial charge is 0.365 e. The van der Waals surface area contributed by atoms with E-state index in [0.29, 0.717) is 18.1 Å². The van der Waals surface area contributed by atoms with Crippen LogP contribution in [-0.4, -0.2) is 32.2 Å². The fraction of sp³-hybridized carbons (Fsp3) is 0.440. The van der Waals surface area contributed by atoms with Gasteiger partial charge in [0.05, 0.1) is 12.5 Å². The number of benzene rings is 1. The maximum atomic E-state index is 12.8. The number of carbonyl (C=O) groups excluding carboxylic acids is 1. The minimum atomic E-state index is -0.450. The summed E-state index contributed by atoms with van der Waals surface area (Å²) in [6, 6.07) is 7.50. The van der Waals surface area contributed by atoms with Gasteiger partial charge in [0.15, 0.2) is 5.65 Å². The van der Waals surface area contributed by atoms with Gasteiger partial charge in [0.1, 0.15) is 23.5 Å². The number of thiophene rings is 1. The normalized spacial score (nSPS) is 16.1. The molecule has 1 aromatic carbocycles. The van der Waals surface area contributed by atoms with Gasteiger partial charge >= 0.3 is 5.69 Å². The highest BCUT2D eigenvalue weighted by Crippen LogP contribution is 2.43. The molecule has 1 atom stereocenters. The number of aromatic nitrogens is 4. The second-order valence-corrected chi connectivity index (χ2v) is 11.1. The molecule has 1 aliphatic carbocycles. The molecule has 0 aliphatic heterocycles. The standard InChI is InChI=1S/C25H29N5O3S/c1-25(2,3)16-8-9-18-19(11-16)34-23-21(18)22-28-24(32)29(30(22)14-27-23)13-20(31)26-12-15-6-5-7-17(10-15)33-4/h5-7,10,14,16H,8-9,11-13H2,1-4H3,(H,26,31)/t16-/m0/s1. The lowest BCUT2D eigenvalue weighted by atomic mass is 9.72.